The number of thioether (sulfide) groups is 1. The zero-order chi connectivity index (χ0) is 19.0. The predicted octanol–water partition coefficient (Wildman–Crippen LogP) is 2.38. The Bertz CT molecular complexity index is 599. The Balaban J connectivity index is 1.52. The van der Waals surface area contributed by atoms with E-state index in [1.807, 2.05) is 11.8 Å². The van der Waals surface area contributed by atoms with E-state index >= 15 is 0 Å². The van der Waals surface area contributed by atoms with Gasteiger partial charge in [-0.1, -0.05) is 17.8 Å². The van der Waals surface area contributed by atoms with Gasteiger partial charge in [0.25, 0.3) is 0 Å². The van der Waals surface area contributed by atoms with Crippen molar-refractivity contribution in [1.29, 1.82) is 0 Å². The molecular weight excluding hydrogens is 393 g/mol. The average molecular weight is 420 g/mol. The van der Waals surface area contributed by atoms with Gasteiger partial charge < -0.3 is 20.5 Å². The zero-order valence-corrected chi connectivity index (χ0v) is 17.4. The van der Waals surface area contributed by atoms with Gasteiger partial charge in [0, 0.05) is 29.7 Å². The van der Waals surface area contributed by atoms with Crippen molar-refractivity contribution in [3.05, 3.63) is 0 Å². The van der Waals surface area contributed by atoms with Crippen molar-refractivity contribution in [3.8, 4) is 12.1 Å². The normalized spacial score (nSPS) is 26.3. The standard InChI is InChI=1S/C16H26N3O4PS2/c1-3-23-24(22,4-2)26-10-9-17-14(20)8-6-5-7-13-15-12(11-25-13)18-16(21)19-15/h2,12-13,15H,3,5-11H2,1H3,(H,17,20)(H2,18,19,21)/t12-,13-,15-,24?/m0/s1. The molecule has 26 heavy (non-hydrogen) atoms. The van der Waals surface area contributed by atoms with E-state index < -0.39 is 6.57 Å². The van der Waals surface area contributed by atoms with Crippen LogP contribution in [0, 0.1) is 12.1 Å². The summed E-state index contributed by atoms with van der Waals surface area (Å²) < 4.78 is 17.1. The van der Waals surface area contributed by atoms with Gasteiger partial charge in [0.2, 0.25) is 5.91 Å². The SMILES string of the molecule is C#CP(=O)(OCC)SCCNC(=O)CCCC[C@@H]1SC[C@@H]2NC(=O)N[C@@H]21. The number of carbonyl (C=O) groups is 2. The van der Waals surface area contributed by atoms with Gasteiger partial charge in [0.15, 0.2) is 0 Å². The molecule has 2 rings (SSSR count). The maximum Gasteiger partial charge on any atom is 0.329 e. The summed E-state index contributed by atoms with van der Waals surface area (Å²) in [7, 11) is 0. The molecule has 3 N–H and O–H groups in total. The van der Waals surface area contributed by atoms with E-state index in [1.165, 1.54) is 0 Å². The lowest BCUT2D eigenvalue weighted by molar-refractivity contribution is -0.121. The van der Waals surface area contributed by atoms with Crippen molar-refractivity contribution in [2.45, 2.75) is 49.9 Å². The number of hydrogen-bond acceptors (Lipinski definition) is 6. The van der Waals surface area contributed by atoms with Crippen LogP contribution in [0.15, 0.2) is 0 Å². The Kier molecular flexibility index (Phi) is 8.68. The largest absolute Gasteiger partial charge is 0.355 e. The molecule has 1 unspecified atom stereocenters. The molecule has 2 saturated heterocycles. The Morgan fingerprint density at radius 2 is 2.31 bits per heavy atom. The van der Waals surface area contributed by atoms with Crippen LogP contribution in [0.4, 0.5) is 4.79 Å². The number of urea groups is 1. The number of terminal acetylenes is 1. The minimum absolute atomic E-state index is 0.00895. The Hall–Kier alpha value is -0.810. The van der Waals surface area contributed by atoms with Crippen LogP contribution in [0.3, 0.4) is 0 Å². The molecule has 2 heterocycles. The summed E-state index contributed by atoms with van der Waals surface area (Å²) in [4.78, 5) is 23.2. The fourth-order valence-corrected chi connectivity index (χ4v) is 7.30. The van der Waals surface area contributed by atoms with Gasteiger partial charge in [0.1, 0.15) is 0 Å². The monoisotopic (exact) mass is 419 g/mol. The topological polar surface area (TPSA) is 96.5 Å². The molecule has 0 aliphatic carbocycles. The first kappa shape index (κ1) is 21.5. The predicted molar refractivity (Wildman–Crippen MR) is 107 cm³/mol. The van der Waals surface area contributed by atoms with Crippen LogP contribution in [0.25, 0.3) is 0 Å². The summed E-state index contributed by atoms with van der Waals surface area (Å²) in [6.45, 7) is -0.587. The summed E-state index contributed by atoms with van der Waals surface area (Å²) in [5.41, 5.74) is 2.21. The van der Waals surface area contributed by atoms with Crippen molar-refractivity contribution in [2.24, 2.45) is 0 Å². The highest BCUT2D eigenvalue weighted by Gasteiger charge is 2.42. The van der Waals surface area contributed by atoms with E-state index in [2.05, 4.69) is 21.6 Å². The fourth-order valence-electron chi connectivity index (χ4n) is 3.00. The van der Waals surface area contributed by atoms with Crippen molar-refractivity contribution in [1.82, 2.24) is 16.0 Å². The summed E-state index contributed by atoms with van der Waals surface area (Å²) in [6, 6.07) is 0.394. The lowest BCUT2D eigenvalue weighted by atomic mass is 10.0. The number of nitrogens with one attached hydrogen (secondary N) is 3. The van der Waals surface area contributed by atoms with E-state index in [0.29, 0.717) is 30.6 Å². The second-order valence-corrected chi connectivity index (χ2v) is 11.8. The number of unbranched alkanes of at least 4 members (excludes halogenated alkanes) is 1. The molecule has 7 nitrogen and oxygen atoms in total. The zero-order valence-electron chi connectivity index (χ0n) is 14.9. The highest BCUT2D eigenvalue weighted by molar-refractivity contribution is 8.58. The third kappa shape index (κ3) is 6.41. The molecule has 0 bridgehead atoms. The molecule has 4 atom stereocenters. The number of hydrogen-bond donors (Lipinski definition) is 3. The molecule has 2 aliphatic heterocycles. The van der Waals surface area contributed by atoms with Gasteiger partial charge in [-0.2, -0.15) is 11.8 Å². The van der Waals surface area contributed by atoms with Crippen LogP contribution in [-0.2, 0) is 13.9 Å². The molecule has 2 fully saturated rings. The number of fused-ring (bicyclic) bond motifs is 1. The third-order valence-corrected chi connectivity index (χ3v) is 9.57. The summed E-state index contributed by atoms with van der Waals surface area (Å²) >= 11 is 2.97. The van der Waals surface area contributed by atoms with Crippen LogP contribution in [-0.4, -0.2) is 53.9 Å². The van der Waals surface area contributed by atoms with Gasteiger partial charge in [-0.15, -0.1) is 6.42 Å². The molecule has 0 radical (unpaired) electrons. The molecule has 0 saturated carbocycles. The van der Waals surface area contributed by atoms with E-state index in [4.69, 9.17) is 10.9 Å². The highest BCUT2D eigenvalue weighted by atomic mass is 32.7. The molecule has 3 amide bonds. The Morgan fingerprint density at radius 3 is 3.04 bits per heavy atom. The number of rotatable bonds is 11. The first-order valence-corrected chi connectivity index (χ1v) is 13.1. The maximum absolute atomic E-state index is 12.0. The third-order valence-electron chi connectivity index (χ3n) is 4.22. The first-order valence-electron chi connectivity index (χ1n) is 8.79. The lowest BCUT2D eigenvalue weighted by Crippen LogP contribution is -2.36. The summed E-state index contributed by atoms with van der Waals surface area (Å²) in [5, 5.41) is 9.14. The van der Waals surface area contributed by atoms with Crippen LogP contribution >= 0.6 is 29.7 Å². The van der Waals surface area contributed by atoms with Crippen LogP contribution < -0.4 is 16.0 Å². The Morgan fingerprint density at radius 1 is 1.50 bits per heavy atom. The van der Waals surface area contributed by atoms with Gasteiger partial charge in [-0.25, -0.2) is 4.79 Å². The van der Waals surface area contributed by atoms with E-state index in [0.717, 1.165) is 36.4 Å². The molecule has 0 spiro atoms. The Labute approximate surface area is 163 Å². The maximum atomic E-state index is 12.0. The van der Waals surface area contributed by atoms with Crippen LogP contribution in [0.2, 0.25) is 0 Å². The lowest BCUT2D eigenvalue weighted by Gasteiger charge is -2.16. The fraction of sp³-hybridized carbons (Fsp3) is 0.750. The van der Waals surface area contributed by atoms with Crippen molar-refractivity contribution >= 4 is 41.7 Å². The van der Waals surface area contributed by atoms with E-state index in [-0.39, 0.29) is 24.0 Å². The molecule has 0 aromatic heterocycles. The number of carbonyl (C=O) groups excluding carboxylic acids is 2. The second kappa shape index (κ2) is 10.5. The quantitative estimate of drug-likeness (QED) is 0.206. The average Bonchev–Trinajstić information content (AvgIpc) is 3.15. The van der Waals surface area contributed by atoms with E-state index in [9.17, 15) is 14.2 Å². The van der Waals surface area contributed by atoms with Gasteiger partial charge in [0.05, 0.1) is 18.7 Å². The minimum Gasteiger partial charge on any atom is -0.355 e. The first-order chi connectivity index (χ1) is 12.5. The summed E-state index contributed by atoms with van der Waals surface area (Å²) in [5.74, 6) is 1.40. The number of amides is 3. The van der Waals surface area contributed by atoms with Crippen molar-refractivity contribution in [2.75, 3.05) is 24.7 Å². The van der Waals surface area contributed by atoms with Gasteiger partial charge in [-0.05, 0) is 25.4 Å². The molecule has 0 aromatic carbocycles. The molecule has 0 aromatic rings. The highest BCUT2D eigenvalue weighted by Crippen LogP contribution is 2.58. The van der Waals surface area contributed by atoms with Crippen LogP contribution in [0.5, 0.6) is 0 Å². The smallest absolute Gasteiger partial charge is 0.329 e. The molecule has 2 aliphatic rings. The van der Waals surface area contributed by atoms with Crippen molar-refractivity contribution in [3.63, 3.8) is 0 Å². The molecule has 146 valence electrons. The molecular formula is C16H26N3O4PS2. The van der Waals surface area contributed by atoms with Crippen LogP contribution in [0.1, 0.15) is 32.6 Å². The summed E-state index contributed by atoms with van der Waals surface area (Å²) in [6.07, 6.45) is 8.47. The minimum atomic E-state index is -3.06. The van der Waals surface area contributed by atoms with Gasteiger partial charge >= 0.3 is 12.6 Å². The second-order valence-electron chi connectivity index (χ2n) is 6.10. The van der Waals surface area contributed by atoms with Gasteiger partial charge in [-0.3, -0.25) is 9.36 Å². The van der Waals surface area contributed by atoms with E-state index in [1.54, 1.807) is 6.92 Å². The molecule has 10 heteroatoms. The van der Waals surface area contributed by atoms with Crippen molar-refractivity contribution < 1.29 is 18.7 Å².